The minimum absolute atomic E-state index is 0.638. The zero-order valence-electron chi connectivity index (χ0n) is 22.0. The number of carboxylic acids is 1. The quantitative estimate of drug-likeness (QED) is 0.287. The molecule has 0 fully saturated rings. The molecule has 0 spiro atoms. The molecule has 37 heavy (non-hydrogen) atoms. The molecule has 1 atom stereocenters. The molecule has 0 bridgehead atoms. The highest BCUT2D eigenvalue weighted by Gasteiger charge is 2.36. The fourth-order valence-corrected chi connectivity index (χ4v) is 5.70. The Morgan fingerprint density at radius 2 is 1.73 bits per heavy atom. The number of halogens is 1. The normalized spacial score (nSPS) is 14.3. The van der Waals surface area contributed by atoms with E-state index < -0.39 is 17.7 Å². The van der Waals surface area contributed by atoms with Crippen LogP contribution >= 0.6 is 11.6 Å². The van der Waals surface area contributed by atoms with E-state index in [0.29, 0.717) is 10.6 Å². The van der Waals surface area contributed by atoms with Crippen LogP contribution in [0.5, 0.6) is 0 Å². The zero-order chi connectivity index (χ0) is 26.5. The third kappa shape index (κ3) is 4.74. The molecule has 0 unspecified atom stereocenters. The first kappa shape index (κ1) is 25.4. The summed E-state index contributed by atoms with van der Waals surface area (Å²) in [4.78, 5) is 15.2. The number of hydrogen-bond donors (Lipinski definition) is 1. The van der Waals surface area contributed by atoms with Crippen molar-refractivity contribution in [2.45, 2.75) is 59.4 Å². The molecular weight excluding hydrogens is 484 g/mol. The molecule has 192 valence electrons. The van der Waals surface area contributed by atoms with E-state index in [4.69, 9.17) is 16.3 Å². The Labute approximate surface area is 223 Å². The van der Waals surface area contributed by atoms with Crippen LogP contribution in [0.2, 0.25) is 5.02 Å². The molecular formula is C31H33ClN2O3. The minimum Gasteiger partial charge on any atom is -0.479 e. The van der Waals surface area contributed by atoms with E-state index in [9.17, 15) is 9.90 Å². The number of ether oxygens (including phenoxy) is 1. The first-order chi connectivity index (χ1) is 17.5. The fourth-order valence-electron chi connectivity index (χ4n) is 5.57. The van der Waals surface area contributed by atoms with Gasteiger partial charge in [0.1, 0.15) is 0 Å². The summed E-state index contributed by atoms with van der Waals surface area (Å²) < 4.78 is 8.62. The Hall–Kier alpha value is -3.28. The minimum atomic E-state index is -1.13. The molecule has 0 aliphatic carbocycles. The first-order valence-corrected chi connectivity index (χ1v) is 13.0. The number of anilines is 1. The Morgan fingerprint density at radius 1 is 1.05 bits per heavy atom. The number of carbonyl (C=O) groups is 1. The maximum atomic E-state index is 12.8. The van der Waals surface area contributed by atoms with Gasteiger partial charge < -0.3 is 19.3 Å². The van der Waals surface area contributed by atoms with Crippen LogP contribution in [0.15, 0.2) is 60.7 Å². The topological polar surface area (TPSA) is 54.7 Å². The lowest BCUT2D eigenvalue weighted by atomic mass is 9.87. The van der Waals surface area contributed by atoms with Crippen molar-refractivity contribution in [1.82, 2.24) is 4.57 Å². The summed E-state index contributed by atoms with van der Waals surface area (Å²) in [6, 6.07) is 20.2. The maximum Gasteiger partial charge on any atom is 0.337 e. The molecule has 0 amide bonds. The van der Waals surface area contributed by atoms with Gasteiger partial charge in [-0.15, -0.1) is 0 Å². The van der Waals surface area contributed by atoms with Crippen LogP contribution in [0.4, 0.5) is 5.69 Å². The summed E-state index contributed by atoms with van der Waals surface area (Å²) in [6.07, 6.45) is -1.13. The second-order valence-corrected chi connectivity index (χ2v) is 11.3. The molecule has 4 aromatic rings. The number of aliphatic carboxylic acids is 1. The van der Waals surface area contributed by atoms with Crippen molar-refractivity contribution >= 4 is 34.2 Å². The standard InChI is InChI=1S/C31H33ClN2O3/c1-19-17-24-26(22-11-13-23(32)14-12-22)25(29(30(35)36)37-31(3,4)5)20(2)27-28(24)34(19)16-15-33(27)18-21-9-7-6-8-10-21/h6-14,17,29H,15-16,18H2,1-5H3,(H,35,36)/t29-/m0/s1. The van der Waals surface area contributed by atoms with Crippen molar-refractivity contribution in [2.24, 2.45) is 0 Å². The molecule has 1 N–H and O–H groups in total. The van der Waals surface area contributed by atoms with Gasteiger partial charge in [-0.3, -0.25) is 0 Å². The highest BCUT2D eigenvalue weighted by molar-refractivity contribution is 6.30. The molecule has 5 rings (SSSR count). The predicted molar refractivity (Wildman–Crippen MR) is 151 cm³/mol. The summed E-state index contributed by atoms with van der Waals surface area (Å²) in [5.41, 5.74) is 7.41. The summed E-state index contributed by atoms with van der Waals surface area (Å²) >= 11 is 6.24. The summed E-state index contributed by atoms with van der Waals surface area (Å²) in [5, 5.41) is 12.2. The number of benzene rings is 3. The van der Waals surface area contributed by atoms with Gasteiger partial charge in [-0.25, -0.2) is 4.79 Å². The van der Waals surface area contributed by atoms with Crippen molar-refractivity contribution < 1.29 is 14.6 Å². The third-order valence-electron chi connectivity index (χ3n) is 7.04. The van der Waals surface area contributed by atoms with Gasteiger partial charge in [-0.05, 0) is 75.1 Å². The molecule has 6 heteroatoms. The molecule has 1 aliphatic heterocycles. The Bertz CT molecular complexity index is 1470. The number of hydrogen-bond acceptors (Lipinski definition) is 3. The van der Waals surface area contributed by atoms with Gasteiger partial charge in [-0.1, -0.05) is 54.1 Å². The van der Waals surface area contributed by atoms with Crippen molar-refractivity contribution in [1.29, 1.82) is 0 Å². The lowest BCUT2D eigenvalue weighted by Crippen LogP contribution is -2.33. The van der Waals surface area contributed by atoms with Gasteiger partial charge in [0.15, 0.2) is 6.10 Å². The second-order valence-electron chi connectivity index (χ2n) is 10.8. The molecule has 3 aromatic carbocycles. The van der Waals surface area contributed by atoms with Crippen molar-refractivity contribution in [3.8, 4) is 11.1 Å². The van der Waals surface area contributed by atoms with Crippen LogP contribution in [-0.4, -0.2) is 27.8 Å². The molecule has 5 nitrogen and oxygen atoms in total. The lowest BCUT2D eigenvalue weighted by Gasteiger charge is -2.36. The third-order valence-corrected chi connectivity index (χ3v) is 7.29. The van der Waals surface area contributed by atoms with Crippen LogP contribution in [0.3, 0.4) is 0 Å². The van der Waals surface area contributed by atoms with E-state index in [1.165, 1.54) is 5.56 Å². The van der Waals surface area contributed by atoms with Crippen molar-refractivity contribution in [3.63, 3.8) is 0 Å². The predicted octanol–water partition coefficient (Wildman–Crippen LogP) is 7.54. The van der Waals surface area contributed by atoms with Gasteiger partial charge in [0.25, 0.3) is 0 Å². The van der Waals surface area contributed by atoms with Crippen molar-refractivity contribution in [3.05, 3.63) is 88.1 Å². The number of nitrogens with zero attached hydrogens (tertiary/aromatic N) is 2. The number of carboxylic acid groups (broad SMARTS) is 1. The van der Waals surface area contributed by atoms with Crippen molar-refractivity contribution in [2.75, 3.05) is 11.4 Å². The second kappa shape index (κ2) is 9.55. The van der Waals surface area contributed by atoms with E-state index in [1.54, 1.807) is 0 Å². The molecule has 0 saturated carbocycles. The lowest BCUT2D eigenvalue weighted by molar-refractivity contribution is -0.160. The van der Waals surface area contributed by atoms with E-state index in [-0.39, 0.29) is 0 Å². The Balaban J connectivity index is 1.85. The van der Waals surface area contributed by atoms with Gasteiger partial charge in [0.05, 0.1) is 16.8 Å². The number of rotatable bonds is 6. The monoisotopic (exact) mass is 516 g/mol. The van der Waals surface area contributed by atoms with E-state index in [2.05, 4.69) is 46.7 Å². The largest absolute Gasteiger partial charge is 0.479 e. The number of aromatic nitrogens is 1. The van der Waals surface area contributed by atoms with Crippen LogP contribution in [0.25, 0.3) is 22.0 Å². The maximum absolute atomic E-state index is 12.8. The molecule has 1 aromatic heterocycles. The van der Waals surface area contributed by atoms with Gasteiger partial charge in [0.2, 0.25) is 0 Å². The zero-order valence-corrected chi connectivity index (χ0v) is 22.8. The van der Waals surface area contributed by atoms with E-state index in [0.717, 1.165) is 58.6 Å². The Kier molecular flexibility index (Phi) is 6.55. The SMILES string of the molecule is Cc1c([C@H](OC(C)(C)C)C(=O)O)c(-c2ccc(Cl)cc2)c2cc(C)n3c2c1N(Cc1ccccc1)CC3. The average molecular weight is 517 g/mol. The van der Waals surface area contributed by atoms with E-state index in [1.807, 2.05) is 58.0 Å². The highest BCUT2D eigenvalue weighted by Crippen LogP contribution is 2.48. The van der Waals surface area contributed by atoms with Gasteiger partial charge >= 0.3 is 5.97 Å². The highest BCUT2D eigenvalue weighted by atomic mass is 35.5. The van der Waals surface area contributed by atoms with Crippen LogP contribution < -0.4 is 4.90 Å². The summed E-state index contributed by atoms with van der Waals surface area (Å²) in [7, 11) is 0. The van der Waals surface area contributed by atoms with Crippen LogP contribution in [0, 0.1) is 13.8 Å². The molecule has 0 saturated heterocycles. The average Bonchev–Trinajstić information content (AvgIpc) is 3.17. The first-order valence-electron chi connectivity index (χ1n) is 12.7. The molecule has 0 radical (unpaired) electrons. The van der Waals surface area contributed by atoms with Crippen LogP contribution in [-0.2, 0) is 22.6 Å². The number of aryl methyl sites for hydroxylation is 1. The van der Waals surface area contributed by atoms with Gasteiger partial charge in [0, 0.05) is 41.3 Å². The van der Waals surface area contributed by atoms with E-state index >= 15 is 0 Å². The molecule has 1 aliphatic rings. The summed E-state index contributed by atoms with van der Waals surface area (Å²) in [6.45, 7) is 12.3. The van der Waals surface area contributed by atoms with Crippen LogP contribution in [0.1, 0.15) is 49.3 Å². The fraction of sp³-hybridized carbons (Fsp3) is 0.323. The molecule has 2 heterocycles. The summed E-state index contributed by atoms with van der Waals surface area (Å²) in [5.74, 6) is -0.999. The smallest absolute Gasteiger partial charge is 0.337 e. The Morgan fingerprint density at radius 3 is 2.35 bits per heavy atom. The van der Waals surface area contributed by atoms with Gasteiger partial charge in [-0.2, -0.15) is 0 Å².